The molecule has 14 heteroatoms. The number of morpholine rings is 1. The fourth-order valence-corrected chi connectivity index (χ4v) is 6.28. The summed E-state index contributed by atoms with van der Waals surface area (Å²) in [5, 5.41) is 4.48. The van der Waals surface area contributed by atoms with Gasteiger partial charge in [0.2, 0.25) is 10.0 Å². The lowest BCUT2D eigenvalue weighted by atomic mass is 10.1. The highest BCUT2D eigenvalue weighted by atomic mass is 32.2. The Morgan fingerprint density at radius 1 is 1.14 bits per heavy atom. The molecule has 0 atom stereocenters. The molecular formula is C28H40N6O7S. The Bertz CT molecular complexity index is 1550. The number of hydrogen-bond donors (Lipinski definition) is 1. The second kappa shape index (κ2) is 14.2. The minimum Gasteiger partial charge on any atom is -0.493 e. The van der Waals surface area contributed by atoms with Gasteiger partial charge in [0.1, 0.15) is 23.7 Å². The summed E-state index contributed by atoms with van der Waals surface area (Å²) in [5.41, 5.74) is 1.49. The van der Waals surface area contributed by atoms with Crippen LogP contribution in [0.15, 0.2) is 27.9 Å². The molecule has 3 aromatic rings. The molecule has 1 fully saturated rings. The van der Waals surface area contributed by atoms with Crippen LogP contribution >= 0.6 is 0 Å². The largest absolute Gasteiger partial charge is 0.493 e. The first-order valence-electron chi connectivity index (χ1n) is 14.3. The van der Waals surface area contributed by atoms with Crippen LogP contribution in [0.4, 0.5) is 0 Å². The van der Waals surface area contributed by atoms with Crippen molar-refractivity contribution in [3.8, 4) is 17.1 Å². The average Bonchev–Trinajstić information content (AvgIpc) is 3.29. The molecule has 13 nitrogen and oxygen atoms in total. The highest BCUT2D eigenvalue weighted by Gasteiger charge is 2.28. The van der Waals surface area contributed by atoms with Crippen LogP contribution in [0.3, 0.4) is 0 Å². The van der Waals surface area contributed by atoms with Crippen molar-refractivity contribution in [1.82, 2.24) is 29.0 Å². The number of carbonyl (C=O) groups is 1. The molecule has 0 saturated carbocycles. The SMILES string of the molecule is CCCOc1ccc(S(=O)(=O)N(CCOC(C)=O)CCN2CCOCC2)cc1-c1nc2c(CCC)nn(C)c2c(=O)[nH]1. The minimum atomic E-state index is -4.04. The van der Waals surface area contributed by atoms with E-state index in [0.717, 1.165) is 12.8 Å². The molecule has 3 heterocycles. The second-order valence-corrected chi connectivity index (χ2v) is 12.1. The molecule has 1 aromatic carbocycles. The molecule has 0 amide bonds. The molecule has 1 saturated heterocycles. The van der Waals surface area contributed by atoms with Gasteiger partial charge in [-0.25, -0.2) is 13.4 Å². The van der Waals surface area contributed by atoms with Gasteiger partial charge in [-0.2, -0.15) is 9.40 Å². The number of hydrogen-bond acceptors (Lipinski definition) is 10. The molecular weight excluding hydrogens is 564 g/mol. The highest BCUT2D eigenvalue weighted by molar-refractivity contribution is 7.89. The summed E-state index contributed by atoms with van der Waals surface area (Å²) in [7, 11) is -2.34. The summed E-state index contributed by atoms with van der Waals surface area (Å²) >= 11 is 0. The van der Waals surface area contributed by atoms with Crippen molar-refractivity contribution in [1.29, 1.82) is 0 Å². The number of esters is 1. The van der Waals surface area contributed by atoms with Gasteiger partial charge in [0.15, 0.2) is 5.52 Å². The maximum atomic E-state index is 14.0. The summed E-state index contributed by atoms with van der Waals surface area (Å²) in [6.07, 6.45) is 2.20. The number of sulfonamides is 1. The van der Waals surface area contributed by atoms with Gasteiger partial charge in [-0.1, -0.05) is 20.3 Å². The monoisotopic (exact) mass is 604 g/mol. The van der Waals surface area contributed by atoms with Gasteiger partial charge >= 0.3 is 5.97 Å². The van der Waals surface area contributed by atoms with Gasteiger partial charge in [-0.15, -0.1) is 0 Å². The highest BCUT2D eigenvalue weighted by Crippen LogP contribution is 2.32. The minimum absolute atomic E-state index is 0.00716. The van der Waals surface area contributed by atoms with Gasteiger partial charge in [-0.3, -0.25) is 19.2 Å². The number of aromatic amines is 1. The molecule has 0 unspecified atom stereocenters. The first kappa shape index (κ1) is 31.6. The number of ether oxygens (including phenoxy) is 3. The number of fused-ring (bicyclic) bond motifs is 1. The molecule has 4 rings (SSSR count). The third-order valence-corrected chi connectivity index (χ3v) is 8.86. The molecule has 0 bridgehead atoms. The number of benzene rings is 1. The zero-order valence-corrected chi connectivity index (χ0v) is 25.5. The fourth-order valence-electron chi connectivity index (χ4n) is 4.84. The third-order valence-electron chi connectivity index (χ3n) is 6.97. The van der Waals surface area contributed by atoms with Crippen LogP contribution in [0.2, 0.25) is 0 Å². The lowest BCUT2D eigenvalue weighted by molar-refractivity contribution is -0.141. The Kier molecular flexibility index (Phi) is 10.7. The van der Waals surface area contributed by atoms with Gasteiger partial charge in [0.05, 0.1) is 36.0 Å². The quantitative estimate of drug-likeness (QED) is 0.271. The number of carbonyl (C=O) groups excluding carboxylic acids is 1. The van der Waals surface area contributed by atoms with Crippen molar-refractivity contribution in [2.45, 2.75) is 44.9 Å². The molecule has 2 aromatic heterocycles. The predicted molar refractivity (Wildman–Crippen MR) is 157 cm³/mol. The van der Waals surface area contributed by atoms with Gasteiger partial charge < -0.3 is 19.2 Å². The Morgan fingerprint density at radius 3 is 2.60 bits per heavy atom. The zero-order chi connectivity index (χ0) is 30.3. The number of nitrogens with zero attached hydrogens (tertiary/aromatic N) is 5. The van der Waals surface area contributed by atoms with Gasteiger partial charge in [0.25, 0.3) is 5.56 Å². The molecule has 0 radical (unpaired) electrons. The number of rotatable bonds is 14. The Labute approximate surface area is 245 Å². The molecule has 1 aliphatic rings. The van der Waals surface area contributed by atoms with E-state index in [0.29, 0.717) is 73.9 Å². The summed E-state index contributed by atoms with van der Waals surface area (Å²) in [4.78, 5) is 34.3. The van der Waals surface area contributed by atoms with Crippen LogP contribution in [0, 0.1) is 0 Å². The zero-order valence-electron chi connectivity index (χ0n) is 24.7. The summed E-state index contributed by atoms with van der Waals surface area (Å²) in [6, 6.07) is 4.55. The van der Waals surface area contributed by atoms with E-state index in [4.69, 9.17) is 19.2 Å². The molecule has 0 spiro atoms. The van der Waals surface area contributed by atoms with Crippen molar-refractivity contribution in [2.75, 3.05) is 59.2 Å². The Morgan fingerprint density at radius 2 is 1.90 bits per heavy atom. The maximum Gasteiger partial charge on any atom is 0.302 e. The van der Waals surface area contributed by atoms with E-state index in [1.807, 2.05) is 13.8 Å². The molecule has 1 N–H and O–H groups in total. The van der Waals surface area contributed by atoms with Crippen molar-refractivity contribution in [3.05, 3.63) is 34.2 Å². The number of nitrogens with one attached hydrogen (secondary N) is 1. The van der Waals surface area contributed by atoms with Gasteiger partial charge in [-0.05, 0) is 31.0 Å². The Balaban J connectivity index is 1.75. The van der Waals surface area contributed by atoms with E-state index in [1.54, 1.807) is 13.1 Å². The fraction of sp³-hybridized carbons (Fsp3) is 0.571. The van der Waals surface area contributed by atoms with E-state index >= 15 is 0 Å². The topological polar surface area (TPSA) is 149 Å². The molecule has 42 heavy (non-hydrogen) atoms. The molecule has 0 aliphatic carbocycles. The lowest BCUT2D eigenvalue weighted by Gasteiger charge is -2.29. The van der Waals surface area contributed by atoms with E-state index < -0.39 is 16.0 Å². The van der Waals surface area contributed by atoms with Crippen LogP contribution in [-0.2, 0) is 37.8 Å². The van der Waals surface area contributed by atoms with E-state index in [2.05, 4.69) is 15.0 Å². The number of H-pyrrole nitrogens is 1. The first-order valence-corrected chi connectivity index (χ1v) is 15.8. The van der Waals surface area contributed by atoms with E-state index in [9.17, 15) is 18.0 Å². The maximum absolute atomic E-state index is 14.0. The summed E-state index contributed by atoms with van der Waals surface area (Å²) in [6.45, 7) is 8.89. The van der Waals surface area contributed by atoms with Crippen molar-refractivity contribution in [2.24, 2.45) is 7.05 Å². The predicted octanol–water partition coefficient (Wildman–Crippen LogP) is 1.95. The number of aryl methyl sites for hydroxylation is 2. The van der Waals surface area contributed by atoms with Crippen LogP contribution in [0.25, 0.3) is 22.4 Å². The third kappa shape index (κ3) is 7.35. The van der Waals surface area contributed by atoms with Crippen molar-refractivity contribution >= 4 is 27.0 Å². The lowest BCUT2D eigenvalue weighted by Crippen LogP contribution is -2.44. The van der Waals surface area contributed by atoms with E-state index in [-0.39, 0.29) is 36.0 Å². The average molecular weight is 605 g/mol. The van der Waals surface area contributed by atoms with Crippen LogP contribution in [0.5, 0.6) is 5.75 Å². The van der Waals surface area contributed by atoms with Crippen molar-refractivity contribution in [3.63, 3.8) is 0 Å². The van der Waals surface area contributed by atoms with E-state index in [1.165, 1.54) is 28.0 Å². The van der Waals surface area contributed by atoms with Crippen LogP contribution in [0.1, 0.15) is 39.3 Å². The second-order valence-electron chi connectivity index (χ2n) is 10.1. The Hall–Kier alpha value is -3.33. The first-order chi connectivity index (χ1) is 20.1. The molecule has 1 aliphatic heterocycles. The van der Waals surface area contributed by atoms with Crippen LogP contribution < -0.4 is 10.3 Å². The summed E-state index contributed by atoms with van der Waals surface area (Å²) in [5.74, 6) is 0.114. The molecule has 230 valence electrons. The van der Waals surface area contributed by atoms with Gasteiger partial charge in [0, 0.05) is 46.7 Å². The normalized spacial score (nSPS) is 14.5. The van der Waals surface area contributed by atoms with Crippen LogP contribution in [-0.4, -0.2) is 102 Å². The smallest absolute Gasteiger partial charge is 0.302 e. The van der Waals surface area contributed by atoms with Crippen molar-refractivity contribution < 1.29 is 27.4 Å². The summed E-state index contributed by atoms with van der Waals surface area (Å²) < 4.78 is 47.3. The number of aromatic nitrogens is 4. The standard InChI is InChI=1S/C28H40N6O7S/c1-5-7-23-25-26(32(4)31-23)28(36)30-27(29-25)22-19-21(8-9-24(22)41-15-6-2)42(37,38)34(14-18-40-20(3)35)11-10-33-12-16-39-17-13-33/h8-9,19H,5-7,10-18H2,1-4H3,(H,29,30,36).